The van der Waals surface area contributed by atoms with Crippen molar-refractivity contribution in [2.24, 2.45) is 29.1 Å². The van der Waals surface area contributed by atoms with Gasteiger partial charge in [0.15, 0.2) is 5.78 Å². The van der Waals surface area contributed by atoms with E-state index in [1.165, 1.54) is 5.57 Å². The summed E-state index contributed by atoms with van der Waals surface area (Å²) in [6, 6.07) is 0. The molecule has 0 heterocycles. The highest BCUT2D eigenvalue weighted by atomic mass is 19.3. The largest absolute Gasteiger partial charge is 0.295 e. The van der Waals surface area contributed by atoms with Gasteiger partial charge in [-0.2, -0.15) is 0 Å². The van der Waals surface area contributed by atoms with E-state index in [2.05, 4.69) is 0 Å². The van der Waals surface area contributed by atoms with Crippen LogP contribution in [0.4, 0.5) is 8.78 Å². The van der Waals surface area contributed by atoms with E-state index in [0.29, 0.717) is 37.0 Å². The van der Waals surface area contributed by atoms with E-state index < -0.39 is 11.3 Å². The van der Waals surface area contributed by atoms with Crippen molar-refractivity contribution >= 4 is 5.78 Å². The number of alkyl halides is 2. The first kappa shape index (κ1) is 13.9. The van der Waals surface area contributed by atoms with Crippen LogP contribution in [0.2, 0.25) is 0 Å². The molecule has 1 nitrogen and oxygen atoms in total. The van der Waals surface area contributed by atoms with Crippen molar-refractivity contribution in [2.75, 3.05) is 0 Å². The monoisotopic (exact) mass is 294 g/mol. The second kappa shape index (κ2) is 4.39. The fraction of sp³-hybridized carbons (Fsp3) is 0.833. The molecule has 0 bridgehead atoms. The number of carbonyl (C=O) groups excluding carboxylic acids is 1. The van der Waals surface area contributed by atoms with Gasteiger partial charge >= 0.3 is 0 Å². The third-order valence-corrected chi connectivity index (χ3v) is 7.29. The van der Waals surface area contributed by atoms with Gasteiger partial charge in [0.05, 0.1) is 0 Å². The molecule has 0 aromatic carbocycles. The maximum absolute atomic E-state index is 14.4. The van der Waals surface area contributed by atoms with Crippen LogP contribution < -0.4 is 0 Å². The summed E-state index contributed by atoms with van der Waals surface area (Å²) in [6.45, 7) is 1.84. The molecule has 0 aromatic heterocycles. The topological polar surface area (TPSA) is 17.1 Å². The number of hydrogen-bond donors (Lipinski definition) is 0. The number of halogens is 2. The number of ketones is 1. The van der Waals surface area contributed by atoms with E-state index in [4.69, 9.17) is 0 Å². The average molecular weight is 294 g/mol. The molecule has 3 fully saturated rings. The average Bonchev–Trinajstić information content (AvgIpc) is 2.69. The molecule has 0 saturated heterocycles. The zero-order valence-corrected chi connectivity index (χ0v) is 12.7. The van der Waals surface area contributed by atoms with Gasteiger partial charge in [-0.05, 0) is 68.3 Å². The van der Waals surface area contributed by atoms with Gasteiger partial charge in [-0.15, -0.1) is 0 Å². The first-order valence-corrected chi connectivity index (χ1v) is 8.53. The molecule has 0 aromatic rings. The summed E-state index contributed by atoms with van der Waals surface area (Å²) in [6.07, 6.45) is 7.89. The summed E-state index contributed by atoms with van der Waals surface area (Å²) in [5.74, 6) is -0.461. The Morgan fingerprint density at radius 2 is 1.86 bits per heavy atom. The van der Waals surface area contributed by atoms with Crippen LogP contribution in [0, 0.1) is 29.1 Å². The highest BCUT2D eigenvalue weighted by Crippen LogP contribution is 2.66. The van der Waals surface area contributed by atoms with Gasteiger partial charge in [-0.25, -0.2) is 8.78 Å². The zero-order chi connectivity index (χ0) is 14.8. The van der Waals surface area contributed by atoms with Gasteiger partial charge in [-0.1, -0.05) is 12.5 Å². The first-order chi connectivity index (χ1) is 9.92. The van der Waals surface area contributed by atoms with E-state index in [0.717, 1.165) is 25.7 Å². The van der Waals surface area contributed by atoms with E-state index >= 15 is 0 Å². The third kappa shape index (κ3) is 1.82. The lowest BCUT2D eigenvalue weighted by Crippen LogP contribution is -2.49. The fourth-order valence-electron chi connectivity index (χ4n) is 6.11. The van der Waals surface area contributed by atoms with Crippen LogP contribution in [0.3, 0.4) is 0 Å². The second-order valence-corrected chi connectivity index (χ2v) is 8.00. The highest BCUT2D eigenvalue weighted by molar-refractivity contribution is 5.91. The van der Waals surface area contributed by atoms with Gasteiger partial charge in [0.1, 0.15) is 0 Å². The Labute approximate surface area is 125 Å². The van der Waals surface area contributed by atoms with Crippen molar-refractivity contribution in [1.82, 2.24) is 0 Å². The van der Waals surface area contributed by atoms with Gasteiger partial charge < -0.3 is 0 Å². The zero-order valence-electron chi connectivity index (χ0n) is 12.7. The molecule has 4 aliphatic carbocycles. The number of fused-ring (bicyclic) bond motifs is 5. The predicted molar refractivity (Wildman–Crippen MR) is 77.0 cm³/mol. The minimum Gasteiger partial charge on any atom is -0.295 e. The Hall–Kier alpha value is -0.730. The van der Waals surface area contributed by atoms with Crippen molar-refractivity contribution in [3.63, 3.8) is 0 Å². The molecule has 4 rings (SSSR count). The maximum atomic E-state index is 14.4. The molecule has 21 heavy (non-hydrogen) atoms. The Balaban J connectivity index is 1.64. The Morgan fingerprint density at radius 3 is 2.67 bits per heavy atom. The van der Waals surface area contributed by atoms with Crippen LogP contribution >= 0.6 is 0 Å². The van der Waals surface area contributed by atoms with Crippen LogP contribution in [-0.2, 0) is 4.79 Å². The van der Waals surface area contributed by atoms with Gasteiger partial charge in [-0.3, -0.25) is 4.79 Å². The second-order valence-electron chi connectivity index (χ2n) is 8.00. The summed E-state index contributed by atoms with van der Waals surface area (Å²) >= 11 is 0. The van der Waals surface area contributed by atoms with Crippen molar-refractivity contribution in [3.05, 3.63) is 11.6 Å². The molecule has 5 atom stereocenters. The lowest BCUT2D eigenvalue weighted by atomic mass is 9.52. The Morgan fingerprint density at radius 1 is 1.05 bits per heavy atom. The molecule has 5 unspecified atom stereocenters. The molecule has 3 saturated carbocycles. The van der Waals surface area contributed by atoms with Gasteiger partial charge in [0, 0.05) is 18.3 Å². The molecule has 0 amide bonds. The molecular weight excluding hydrogens is 270 g/mol. The van der Waals surface area contributed by atoms with E-state index in [9.17, 15) is 13.6 Å². The van der Waals surface area contributed by atoms with Gasteiger partial charge in [0.2, 0.25) is 0 Å². The summed E-state index contributed by atoms with van der Waals surface area (Å²) in [5, 5.41) is 0. The summed E-state index contributed by atoms with van der Waals surface area (Å²) in [4.78, 5) is 11.6. The normalized spacial score (nSPS) is 48.1. The van der Waals surface area contributed by atoms with Crippen molar-refractivity contribution in [2.45, 2.75) is 64.2 Å². The standard InChI is InChI=1S/C18H24F2O/c1-17-8-6-14-13-5-3-12(21)10-11(13)2-4-15(14)16(17)7-9-18(17,19)20/h10,13-16H,2-9H2,1H3. The number of carbonyl (C=O) groups is 1. The lowest BCUT2D eigenvalue weighted by molar-refractivity contribution is -0.144. The molecular formula is C18H24F2O. The SMILES string of the molecule is CC12CCC3C4CCC(=O)C=C4CCC3C1CCC2(F)F. The van der Waals surface area contributed by atoms with Crippen LogP contribution in [-0.4, -0.2) is 11.7 Å². The molecule has 0 aliphatic heterocycles. The smallest absolute Gasteiger partial charge is 0.253 e. The molecule has 0 radical (unpaired) electrons. The molecule has 0 N–H and O–H groups in total. The first-order valence-electron chi connectivity index (χ1n) is 8.53. The molecule has 0 spiro atoms. The number of hydrogen-bond acceptors (Lipinski definition) is 1. The van der Waals surface area contributed by atoms with Crippen molar-refractivity contribution in [1.29, 1.82) is 0 Å². The van der Waals surface area contributed by atoms with Crippen molar-refractivity contribution in [3.8, 4) is 0 Å². The summed E-state index contributed by atoms with van der Waals surface area (Å²) < 4.78 is 28.7. The van der Waals surface area contributed by atoms with Crippen LogP contribution in [0.5, 0.6) is 0 Å². The van der Waals surface area contributed by atoms with E-state index in [1.54, 1.807) is 0 Å². The Kier molecular flexibility index (Phi) is 2.91. The predicted octanol–water partition coefficient (Wildman–Crippen LogP) is 4.76. The quantitative estimate of drug-likeness (QED) is 0.629. The molecule has 116 valence electrons. The van der Waals surface area contributed by atoms with E-state index in [-0.39, 0.29) is 18.1 Å². The highest BCUT2D eigenvalue weighted by Gasteiger charge is 2.64. The van der Waals surface area contributed by atoms with Crippen molar-refractivity contribution < 1.29 is 13.6 Å². The minimum absolute atomic E-state index is 0.0865. The van der Waals surface area contributed by atoms with E-state index in [1.807, 2.05) is 13.0 Å². The third-order valence-electron chi connectivity index (χ3n) is 7.29. The summed E-state index contributed by atoms with van der Waals surface area (Å²) in [5.41, 5.74) is 0.570. The van der Waals surface area contributed by atoms with Crippen LogP contribution in [0.1, 0.15) is 58.3 Å². The van der Waals surface area contributed by atoms with Gasteiger partial charge in [0.25, 0.3) is 5.92 Å². The summed E-state index contributed by atoms with van der Waals surface area (Å²) in [7, 11) is 0. The molecule has 4 aliphatic rings. The Bertz CT molecular complexity index is 509. The maximum Gasteiger partial charge on any atom is 0.253 e. The fourth-order valence-corrected chi connectivity index (χ4v) is 6.11. The van der Waals surface area contributed by atoms with Crippen LogP contribution in [0.25, 0.3) is 0 Å². The molecule has 3 heteroatoms. The van der Waals surface area contributed by atoms with Crippen LogP contribution in [0.15, 0.2) is 11.6 Å². The lowest BCUT2D eigenvalue weighted by Gasteiger charge is -2.53. The number of allylic oxidation sites excluding steroid dienone is 1. The number of rotatable bonds is 0. The minimum atomic E-state index is -2.47.